The van der Waals surface area contributed by atoms with E-state index in [4.69, 9.17) is 9.47 Å². The molecule has 0 saturated heterocycles. The molecule has 0 aliphatic rings. The summed E-state index contributed by atoms with van der Waals surface area (Å²) in [6, 6.07) is 5.63. The Balaban J connectivity index is 2.39. The summed E-state index contributed by atoms with van der Waals surface area (Å²) in [5, 5.41) is 3.74. The van der Waals surface area contributed by atoms with Gasteiger partial charge in [-0.1, -0.05) is 54.6 Å². The third-order valence-corrected chi connectivity index (χ3v) is 3.85. The van der Waals surface area contributed by atoms with Crippen LogP contribution in [0.4, 0.5) is 0 Å². The van der Waals surface area contributed by atoms with E-state index in [2.05, 4.69) is 28.2 Å². The van der Waals surface area contributed by atoms with Gasteiger partial charge in [0, 0.05) is 11.9 Å². The molecule has 0 fully saturated rings. The Morgan fingerprint density at radius 2 is 1.96 bits per heavy atom. The second-order valence-electron chi connectivity index (χ2n) is 5.46. The van der Waals surface area contributed by atoms with Crippen LogP contribution in [-0.2, 0) is 11.2 Å². The van der Waals surface area contributed by atoms with E-state index in [0.717, 1.165) is 23.9 Å². The average Bonchev–Trinajstić information content (AvgIpc) is 2.56. The van der Waals surface area contributed by atoms with E-state index >= 15 is 0 Å². The lowest BCUT2D eigenvalue weighted by Crippen LogP contribution is -2.26. The van der Waals surface area contributed by atoms with E-state index in [9.17, 15) is 4.79 Å². The highest BCUT2D eigenvalue weighted by Crippen LogP contribution is 2.28. The first-order chi connectivity index (χ1) is 11.2. The third kappa shape index (κ3) is 8.26. The van der Waals surface area contributed by atoms with Crippen molar-refractivity contribution in [2.24, 2.45) is 0 Å². The van der Waals surface area contributed by atoms with Crippen molar-refractivity contribution in [3.63, 3.8) is 0 Å². The van der Waals surface area contributed by atoms with Gasteiger partial charge in [-0.15, -0.1) is 0 Å². The van der Waals surface area contributed by atoms with Crippen LogP contribution in [0.15, 0.2) is 18.2 Å². The summed E-state index contributed by atoms with van der Waals surface area (Å²) >= 11 is 3.33. The lowest BCUT2D eigenvalue weighted by Gasteiger charge is -2.11. The lowest BCUT2D eigenvalue weighted by atomic mass is 10.1. The van der Waals surface area contributed by atoms with Crippen LogP contribution in [0.5, 0.6) is 11.5 Å². The highest BCUT2D eigenvalue weighted by Gasteiger charge is 2.08. The summed E-state index contributed by atoms with van der Waals surface area (Å²) in [7, 11) is 1.61. The van der Waals surface area contributed by atoms with Crippen LogP contribution >= 0.6 is 15.9 Å². The molecule has 0 aromatic heterocycles. The predicted octanol–water partition coefficient (Wildman–Crippen LogP) is 4.10. The third-order valence-electron chi connectivity index (χ3n) is 3.53. The van der Waals surface area contributed by atoms with Gasteiger partial charge in [-0.25, -0.2) is 0 Å². The Bertz CT molecular complexity index is 466. The highest BCUT2D eigenvalue weighted by atomic mass is 79.9. The average molecular weight is 386 g/mol. The maximum absolute atomic E-state index is 12.0. The maximum Gasteiger partial charge on any atom is 0.224 e. The minimum Gasteiger partial charge on any atom is -0.493 e. The number of rotatable bonds is 12. The number of ether oxygens (including phenoxy) is 2. The van der Waals surface area contributed by atoms with Gasteiger partial charge in [-0.05, 0) is 24.1 Å². The van der Waals surface area contributed by atoms with Gasteiger partial charge in [-0.2, -0.15) is 0 Å². The number of alkyl halides is 1. The Morgan fingerprint density at radius 3 is 2.65 bits per heavy atom. The van der Waals surface area contributed by atoms with E-state index in [0.29, 0.717) is 24.5 Å². The molecule has 0 heterocycles. The molecule has 0 aliphatic carbocycles. The molecule has 0 atom stereocenters. The predicted molar refractivity (Wildman–Crippen MR) is 97.8 cm³/mol. The fourth-order valence-corrected chi connectivity index (χ4v) is 2.46. The van der Waals surface area contributed by atoms with Crippen LogP contribution in [-0.4, -0.2) is 31.5 Å². The zero-order valence-corrected chi connectivity index (χ0v) is 15.8. The highest BCUT2D eigenvalue weighted by molar-refractivity contribution is 9.09. The van der Waals surface area contributed by atoms with Gasteiger partial charge in [0.25, 0.3) is 0 Å². The number of carbonyl (C=O) groups is 1. The zero-order valence-electron chi connectivity index (χ0n) is 14.2. The molecule has 0 bridgehead atoms. The molecular formula is C18H28BrNO3. The maximum atomic E-state index is 12.0. The minimum absolute atomic E-state index is 0.0525. The number of carbonyl (C=O) groups excluding carboxylic acids is 1. The summed E-state index contributed by atoms with van der Waals surface area (Å²) < 4.78 is 10.9. The Morgan fingerprint density at radius 1 is 1.17 bits per heavy atom. The van der Waals surface area contributed by atoms with E-state index in [1.165, 1.54) is 25.7 Å². The van der Waals surface area contributed by atoms with Crippen molar-refractivity contribution in [2.45, 2.75) is 45.4 Å². The van der Waals surface area contributed by atoms with Gasteiger partial charge >= 0.3 is 0 Å². The van der Waals surface area contributed by atoms with Crippen LogP contribution in [0, 0.1) is 0 Å². The van der Waals surface area contributed by atoms with Crippen molar-refractivity contribution in [2.75, 3.05) is 25.6 Å². The topological polar surface area (TPSA) is 47.6 Å². The van der Waals surface area contributed by atoms with Crippen LogP contribution in [0.2, 0.25) is 0 Å². The van der Waals surface area contributed by atoms with Crippen LogP contribution in [0.1, 0.15) is 44.6 Å². The number of hydrogen-bond donors (Lipinski definition) is 1. The molecule has 4 nitrogen and oxygen atoms in total. The van der Waals surface area contributed by atoms with Crippen molar-refractivity contribution >= 4 is 21.8 Å². The smallest absolute Gasteiger partial charge is 0.224 e. The summed E-state index contributed by atoms with van der Waals surface area (Å²) in [6.45, 7) is 3.53. The largest absolute Gasteiger partial charge is 0.493 e. The number of nitrogens with one attached hydrogen (secondary N) is 1. The van der Waals surface area contributed by atoms with Crippen molar-refractivity contribution in [1.82, 2.24) is 5.32 Å². The summed E-state index contributed by atoms with van der Waals surface area (Å²) in [5.41, 5.74) is 0.927. The molecule has 1 aromatic rings. The number of amides is 1. The molecule has 1 N–H and O–H groups in total. The number of unbranched alkanes of at least 4 members (excludes halogenated alkanes) is 4. The van der Waals surface area contributed by atoms with Crippen molar-refractivity contribution in [3.8, 4) is 11.5 Å². The van der Waals surface area contributed by atoms with Gasteiger partial charge in [0.05, 0.1) is 20.1 Å². The molecule has 0 radical (unpaired) electrons. The van der Waals surface area contributed by atoms with Gasteiger partial charge < -0.3 is 14.8 Å². The fraction of sp³-hybridized carbons (Fsp3) is 0.611. The molecule has 1 aromatic carbocycles. The van der Waals surface area contributed by atoms with Crippen molar-refractivity contribution < 1.29 is 14.3 Å². The van der Waals surface area contributed by atoms with Crippen molar-refractivity contribution in [1.29, 1.82) is 0 Å². The van der Waals surface area contributed by atoms with Gasteiger partial charge in [0.2, 0.25) is 5.91 Å². The standard InChI is InChI=1S/C18H28BrNO3/c1-3-4-5-6-7-11-20-18(21)14-15-8-9-16(23-12-10-19)17(13-15)22-2/h8-9,13H,3-7,10-12,14H2,1-2H3,(H,20,21). The molecule has 0 aliphatic heterocycles. The SMILES string of the molecule is CCCCCCCNC(=O)Cc1ccc(OCCBr)c(OC)c1. The minimum atomic E-state index is 0.0525. The molecule has 0 spiro atoms. The summed E-state index contributed by atoms with van der Waals surface area (Å²) in [6.07, 6.45) is 6.36. The molecular weight excluding hydrogens is 358 g/mol. The monoisotopic (exact) mass is 385 g/mol. The molecule has 130 valence electrons. The van der Waals surface area contributed by atoms with Gasteiger partial charge in [-0.3, -0.25) is 4.79 Å². The molecule has 1 amide bonds. The van der Waals surface area contributed by atoms with E-state index in [-0.39, 0.29) is 5.91 Å². The molecule has 5 heteroatoms. The molecule has 0 saturated carbocycles. The van der Waals surface area contributed by atoms with E-state index < -0.39 is 0 Å². The normalized spacial score (nSPS) is 10.4. The first-order valence-corrected chi connectivity index (χ1v) is 9.45. The molecule has 0 unspecified atom stereocenters. The summed E-state index contributed by atoms with van der Waals surface area (Å²) in [4.78, 5) is 12.0. The zero-order chi connectivity index (χ0) is 16.9. The summed E-state index contributed by atoms with van der Waals surface area (Å²) in [5.74, 6) is 1.42. The number of hydrogen-bond acceptors (Lipinski definition) is 3. The van der Waals surface area contributed by atoms with E-state index in [1.54, 1.807) is 7.11 Å². The second kappa shape index (κ2) is 12.2. The molecule has 1 rings (SSSR count). The first-order valence-electron chi connectivity index (χ1n) is 8.33. The Labute approximate surface area is 148 Å². The fourth-order valence-electron chi connectivity index (χ4n) is 2.29. The number of benzene rings is 1. The second-order valence-corrected chi connectivity index (χ2v) is 6.26. The number of halogens is 1. The Kier molecular flexibility index (Phi) is 10.5. The van der Waals surface area contributed by atoms with Crippen LogP contribution < -0.4 is 14.8 Å². The van der Waals surface area contributed by atoms with Gasteiger partial charge in [0.15, 0.2) is 11.5 Å². The first kappa shape index (κ1) is 19.8. The Hall–Kier alpha value is -1.23. The lowest BCUT2D eigenvalue weighted by molar-refractivity contribution is -0.120. The number of methoxy groups -OCH3 is 1. The van der Waals surface area contributed by atoms with E-state index in [1.807, 2.05) is 18.2 Å². The van der Waals surface area contributed by atoms with Gasteiger partial charge in [0.1, 0.15) is 0 Å². The molecule has 23 heavy (non-hydrogen) atoms. The quantitative estimate of drug-likeness (QED) is 0.435. The van der Waals surface area contributed by atoms with Crippen LogP contribution in [0.3, 0.4) is 0 Å². The van der Waals surface area contributed by atoms with Crippen molar-refractivity contribution in [3.05, 3.63) is 23.8 Å². The van der Waals surface area contributed by atoms with Crippen LogP contribution in [0.25, 0.3) is 0 Å².